The maximum atomic E-state index is 8.78. The van der Waals surface area contributed by atoms with E-state index in [-0.39, 0.29) is 0 Å². The van der Waals surface area contributed by atoms with Gasteiger partial charge in [0, 0.05) is 50.0 Å². The number of rotatable bonds is 3. The molecule has 0 N–H and O–H groups in total. The number of piperazine rings is 1. The molecule has 20 heavy (non-hydrogen) atoms. The monoisotopic (exact) mass is 285 g/mol. The highest BCUT2D eigenvalue weighted by molar-refractivity contribution is 7.09. The summed E-state index contributed by atoms with van der Waals surface area (Å²) in [6, 6.07) is 5.85. The van der Waals surface area contributed by atoms with Crippen molar-refractivity contribution in [3.8, 4) is 6.07 Å². The van der Waals surface area contributed by atoms with Gasteiger partial charge in [0.2, 0.25) is 0 Å². The number of nitriles is 1. The van der Waals surface area contributed by atoms with Gasteiger partial charge in [-0.25, -0.2) is 4.98 Å². The molecule has 6 heteroatoms. The second kappa shape index (κ2) is 5.99. The van der Waals surface area contributed by atoms with Crippen molar-refractivity contribution in [2.24, 2.45) is 0 Å². The molecule has 2 aromatic rings. The van der Waals surface area contributed by atoms with Gasteiger partial charge in [-0.2, -0.15) is 5.26 Å². The maximum absolute atomic E-state index is 8.78. The lowest BCUT2D eigenvalue weighted by Crippen LogP contribution is -2.46. The molecule has 102 valence electrons. The molecule has 3 heterocycles. The Balaban J connectivity index is 1.56. The van der Waals surface area contributed by atoms with Gasteiger partial charge in [0.1, 0.15) is 11.9 Å². The molecule has 0 unspecified atom stereocenters. The summed E-state index contributed by atoms with van der Waals surface area (Å²) in [7, 11) is 0. The van der Waals surface area contributed by atoms with Crippen LogP contribution in [0.4, 0.5) is 5.82 Å². The van der Waals surface area contributed by atoms with Crippen LogP contribution in [-0.2, 0) is 6.54 Å². The first-order valence-corrected chi connectivity index (χ1v) is 7.44. The fourth-order valence-electron chi connectivity index (χ4n) is 2.31. The lowest BCUT2D eigenvalue weighted by atomic mass is 10.2. The SMILES string of the molecule is N#Cc1ccc(N2CCN(Cc3cncs3)CC2)nc1. The maximum Gasteiger partial charge on any atom is 0.128 e. The van der Waals surface area contributed by atoms with E-state index in [2.05, 4.69) is 25.8 Å². The van der Waals surface area contributed by atoms with E-state index in [9.17, 15) is 0 Å². The Morgan fingerprint density at radius 1 is 1.20 bits per heavy atom. The van der Waals surface area contributed by atoms with Crippen LogP contribution in [0.3, 0.4) is 0 Å². The van der Waals surface area contributed by atoms with Crippen LogP contribution in [0.1, 0.15) is 10.4 Å². The van der Waals surface area contributed by atoms with Crippen molar-refractivity contribution in [2.75, 3.05) is 31.1 Å². The third-order valence-electron chi connectivity index (χ3n) is 3.44. The highest BCUT2D eigenvalue weighted by atomic mass is 32.1. The molecule has 1 saturated heterocycles. The molecule has 0 aromatic carbocycles. The number of pyridine rings is 1. The van der Waals surface area contributed by atoms with Crippen LogP contribution in [0.2, 0.25) is 0 Å². The number of hydrogen-bond acceptors (Lipinski definition) is 6. The molecule has 1 aliphatic heterocycles. The Hall–Kier alpha value is -1.97. The van der Waals surface area contributed by atoms with Crippen LogP contribution in [0.25, 0.3) is 0 Å². The van der Waals surface area contributed by atoms with Gasteiger partial charge in [-0.15, -0.1) is 11.3 Å². The van der Waals surface area contributed by atoms with Gasteiger partial charge in [-0.3, -0.25) is 9.88 Å². The van der Waals surface area contributed by atoms with Crippen molar-refractivity contribution in [1.82, 2.24) is 14.9 Å². The van der Waals surface area contributed by atoms with Crippen LogP contribution in [-0.4, -0.2) is 41.0 Å². The zero-order valence-electron chi connectivity index (χ0n) is 11.1. The van der Waals surface area contributed by atoms with Crippen molar-refractivity contribution in [1.29, 1.82) is 5.26 Å². The number of aromatic nitrogens is 2. The Bertz CT molecular complexity index is 579. The topological polar surface area (TPSA) is 56.1 Å². The summed E-state index contributed by atoms with van der Waals surface area (Å²) in [5.41, 5.74) is 2.49. The predicted octanol–water partition coefficient (Wildman–Crippen LogP) is 1.73. The molecule has 0 amide bonds. The number of nitrogens with zero attached hydrogens (tertiary/aromatic N) is 5. The first-order valence-electron chi connectivity index (χ1n) is 6.56. The van der Waals surface area contributed by atoms with Crippen molar-refractivity contribution in [2.45, 2.75) is 6.54 Å². The smallest absolute Gasteiger partial charge is 0.128 e. The molecule has 5 nitrogen and oxygen atoms in total. The largest absolute Gasteiger partial charge is 0.354 e. The van der Waals surface area contributed by atoms with Crippen LogP contribution in [0.15, 0.2) is 30.0 Å². The molecule has 3 rings (SSSR count). The Kier molecular flexibility index (Phi) is 3.90. The van der Waals surface area contributed by atoms with Gasteiger partial charge < -0.3 is 4.90 Å². The minimum Gasteiger partial charge on any atom is -0.354 e. The summed E-state index contributed by atoms with van der Waals surface area (Å²) in [5.74, 6) is 0.960. The molecule has 0 radical (unpaired) electrons. The Morgan fingerprint density at radius 2 is 2.05 bits per heavy atom. The summed E-state index contributed by atoms with van der Waals surface area (Å²) in [6.07, 6.45) is 3.58. The molecular weight excluding hydrogens is 270 g/mol. The molecule has 0 atom stereocenters. The van der Waals surface area contributed by atoms with Crippen LogP contribution < -0.4 is 4.90 Å². The van der Waals surface area contributed by atoms with Crippen LogP contribution >= 0.6 is 11.3 Å². The van der Waals surface area contributed by atoms with E-state index >= 15 is 0 Å². The van der Waals surface area contributed by atoms with Gasteiger partial charge in [0.05, 0.1) is 11.1 Å². The molecule has 1 fully saturated rings. The fraction of sp³-hybridized carbons (Fsp3) is 0.357. The summed E-state index contributed by atoms with van der Waals surface area (Å²) in [6.45, 7) is 4.98. The Morgan fingerprint density at radius 3 is 2.65 bits per heavy atom. The highest BCUT2D eigenvalue weighted by Crippen LogP contribution is 2.16. The van der Waals surface area contributed by atoms with E-state index in [1.807, 2.05) is 23.8 Å². The minimum atomic E-state index is 0.609. The van der Waals surface area contributed by atoms with Crippen molar-refractivity contribution in [3.63, 3.8) is 0 Å². The minimum absolute atomic E-state index is 0.609. The lowest BCUT2D eigenvalue weighted by Gasteiger charge is -2.35. The molecule has 0 aliphatic carbocycles. The average molecular weight is 285 g/mol. The molecule has 0 spiro atoms. The standard InChI is InChI=1S/C14H15N5S/c15-7-12-1-2-14(17-8-12)19-5-3-18(4-6-19)10-13-9-16-11-20-13/h1-2,8-9,11H,3-6,10H2. The van der Waals surface area contributed by atoms with E-state index in [0.29, 0.717) is 5.56 Å². The molecule has 2 aromatic heterocycles. The van der Waals surface area contributed by atoms with E-state index in [4.69, 9.17) is 5.26 Å². The number of thiazole rings is 1. The number of anilines is 1. The normalized spacial score (nSPS) is 16.1. The fourth-order valence-corrected chi connectivity index (χ4v) is 2.95. The van der Waals surface area contributed by atoms with Gasteiger partial charge in [0.15, 0.2) is 0 Å². The van der Waals surface area contributed by atoms with Crippen LogP contribution in [0, 0.1) is 11.3 Å². The van der Waals surface area contributed by atoms with E-state index in [0.717, 1.165) is 38.5 Å². The van der Waals surface area contributed by atoms with Gasteiger partial charge >= 0.3 is 0 Å². The van der Waals surface area contributed by atoms with Crippen LogP contribution in [0.5, 0.6) is 0 Å². The highest BCUT2D eigenvalue weighted by Gasteiger charge is 2.18. The Labute approximate surface area is 122 Å². The van der Waals surface area contributed by atoms with Crippen molar-refractivity contribution >= 4 is 17.2 Å². The molecule has 1 aliphatic rings. The summed E-state index contributed by atoms with van der Waals surface area (Å²) >= 11 is 1.71. The molecule has 0 saturated carbocycles. The zero-order valence-corrected chi connectivity index (χ0v) is 11.9. The zero-order chi connectivity index (χ0) is 13.8. The summed E-state index contributed by atoms with van der Waals surface area (Å²) in [5, 5.41) is 8.78. The average Bonchev–Trinajstić information content (AvgIpc) is 3.01. The third-order valence-corrected chi connectivity index (χ3v) is 4.20. The summed E-state index contributed by atoms with van der Waals surface area (Å²) in [4.78, 5) is 14.5. The van der Waals surface area contributed by atoms with E-state index in [1.54, 1.807) is 17.5 Å². The first kappa shape index (κ1) is 13.0. The van der Waals surface area contributed by atoms with Gasteiger partial charge in [0.25, 0.3) is 0 Å². The third kappa shape index (κ3) is 2.95. The second-order valence-electron chi connectivity index (χ2n) is 4.75. The van der Waals surface area contributed by atoms with Crippen molar-refractivity contribution in [3.05, 3.63) is 40.5 Å². The lowest BCUT2D eigenvalue weighted by molar-refractivity contribution is 0.251. The molecular formula is C14H15N5S. The molecule has 0 bridgehead atoms. The second-order valence-corrected chi connectivity index (χ2v) is 5.72. The van der Waals surface area contributed by atoms with Gasteiger partial charge in [-0.05, 0) is 12.1 Å². The predicted molar refractivity (Wildman–Crippen MR) is 78.6 cm³/mol. The van der Waals surface area contributed by atoms with E-state index < -0.39 is 0 Å². The van der Waals surface area contributed by atoms with Crippen molar-refractivity contribution < 1.29 is 0 Å². The summed E-state index contributed by atoms with van der Waals surface area (Å²) < 4.78 is 0. The van der Waals surface area contributed by atoms with E-state index in [1.165, 1.54) is 4.88 Å². The van der Waals surface area contributed by atoms with Gasteiger partial charge in [-0.1, -0.05) is 0 Å². The quantitative estimate of drug-likeness (QED) is 0.859. The number of hydrogen-bond donors (Lipinski definition) is 0. The first-order chi connectivity index (χ1) is 9.85.